The lowest BCUT2D eigenvalue weighted by atomic mass is 10.1. The molecule has 0 aliphatic rings. The van der Waals surface area contributed by atoms with E-state index in [1.165, 1.54) is 11.6 Å². The second-order valence-corrected chi connectivity index (χ2v) is 6.63. The minimum Gasteiger partial charge on any atom is -0.508 e. The predicted octanol–water partition coefficient (Wildman–Crippen LogP) is 1.56. The lowest BCUT2D eigenvalue weighted by Crippen LogP contribution is -2.37. The van der Waals surface area contributed by atoms with Crippen LogP contribution in [0, 0.1) is 0 Å². The van der Waals surface area contributed by atoms with Crippen molar-refractivity contribution in [2.45, 2.75) is 26.8 Å². The van der Waals surface area contributed by atoms with Crippen molar-refractivity contribution in [1.29, 1.82) is 0 Å². The van der Waals surface area contributed by atoms with Crippen LogP contribution in [0.4, 0.5) is 5.95 Å². The van der Waals surface area contributed by atoms with E-state index < -0.39 is 11.2 Å². The molecule has 0 spiro atoms. The average molecular weight is 370 g/mol. The van der Waals surface area contributed by atoms with Gasteiger partial charge in [-0.3, -0.25) is 13.9 Å². The number of imidazole rings is 1. The molecule has 142 valence electrons. The lowest BCUT2D eigenvalue weighted by molar-refractivity contribution is 0.475. The molecule has 0 aliphatic carbocycles. The number of aryl methyl sites for hydroxylation is 1. The zero-order valence-corrected chi connectivity index (χ0v) is 15.9. The number of phenolic OH excluding ortho intramolecular Hbond substituents is 1. The number of phenols is 1. The first-order chi connectivity index (χ1) is 12.7. The Balaban J connectivity index is 2.13. The summed E-state index contributed by atoms with van der Waals surface area (Å²) in [5, 5.41) is 13.7. The van der Waals surface area contributed by atoms with Crippen LogP contribution in [-0.4, -0.2) is 29.5 Å². The summed E-state index contributed by atoms with van der Waals surface area (Å²) in [5.74, 6) is 0.550. The van der Waals surface area contributed by atoms with Crippen molar-refractivity contribution in [3.8, 4) is 5.75 Å². The third-order valence-corrected chi connectivity index (χ3v) is 4.42. The second-order valence-electron chi connectivity index (χ2n) is 6.63. The molecule has 0 bridgehead atoms. The number of benzene rings is 1. The summed E-state index contributed by atoms with van der Waals surface area (Å²) < 4.78 is 4.14. The summed E-state index contributed by atoms with van der Waals surface area (Å²) in [6.45, 7) is 5.66. The zero-order chi connectivity index (χ0) is 19.9. The van der Waals surface area contributed by atoms with Crippen molar-refractivity contribution in [2.75, 3.05) is 5.43 Å². The SMILES string of the molecule is CC(=NNc1nc2c(c(=O)n(C)c(=O)n2C)n1C(C)C)c1ccc(O)cc1. The molecular formula is C18H22N6O3. The van der Waals surface area contributed by atoms with E-state index in [2.05, 4.69) is 15.5 Å². The van der Waals surface area contributed by atoms with Crippen LogP contribution >= 0.6 is 0 Å². The van der Waals surface area contributed by atoms with E-state index in [1.54, 1.807) is 35.9 Å². The second kappa shape index (κ2) is 6.75. The molecule has 2 heterocycles. The van der Waals surface area contributed by atoms with Crippen LogP contribution in [0.5, 0.6) is 5.75 Å². The van der Waals surface area contributed by atoms with Gasteiger partial charge in [0.25, 0.3) is 5.56 Å². The van der Waals surface area contributed by atoms with Gasteiger partial charge in [-0.1, -0.05) is 0 Å². The van der Waals surface area contributed by atoms with Gasteiger partial charge in [0, 0.05) is 20.1 Å². The Kier molecular flexibility index (Phi) is 4.61. The van der Waals surface area contributed by atoms with Gasteiger partial charge in [0.05, 0.1) is 5.71 Å². The van der Waals surface area contributed by atoms with Crippen molar-refractivity contribution < 1.29 is 5.11 Å². The Labute approximate surface area is 155 Å². The molecule has 0 radical (unpaired) electrons. The Morgan fingerprint density at radius 1 is 1.15 bits per heavy atom. The van der Waals surface area contributed by atoms with E-state index in [-0.39, 0.29) is 11.8 Å². The quantitative estimate of drug-likeness (QED) is 0.535. The standard InChI is InChI=1S/C18H22N6O3/c1-10(2)24-14-15(22(4)18(27)23(5)16(14)26)19-17(24)21-20-11(3)12-6-8-13(25)9-7-12/h6-10,25H,1-5H3,(H,19,21). The fourth-order valence-corrected chi connectivity index (χ4v) is 2.90. The first-order valence-electron chi connectivity index (χ1n) is 8.50. The molecule has 9 heteroatoms. The van der Waals surface area contributed by atoms with Crippen molar-refractivity contribution in [1.82, 2.24) is 18.7 Å². The summed E-state index contributed by atoms with van der Waals surface area (Å²) in [6.07, 6.45) is 0. The molecule has 0 unspecified atom stereocenters. The van der Waals surface area contributed by atoms with Crippen LogP contribution in [0.15, 0.2) is 39.0 Å². The molecule has 0 saturated carbocycles. The van der Waals surface area contributed by atoms with Crippen LogP contribution in [0.1, 0.15) is 32.4 Å². The van der Waals surface area contributed by atoms with Crippen LogP contribution < -0.4 is 16.7 Å². The van der Waals surface area contributed by atoms with E-state index in [9.17, 15) is 14.7 Å². The number of nitrogens with one attached hydrogen (secondary N) is 1. The summed E-state index contributed by atoms with van der Waals surface area (Å²) in [4.78, 5) is 29.2. The highest BCUT2D eigenvalue weighted by Crippen LogP contribution is 2.21. The Hall–Kier alpha value is -3.36. The predicted molar refractivity (Wildman–Crippen MR) is 105 cm³/mol. The first-order valence-corrected chi connectivity index (χ1v) is 8.50. The van der Waals surface area contributed by atoms with Gasteiger partial charge < -0.3 is 9.67 Å². The molecule has 0 fully saturated rings. The number of hydrogen-bond acceptors (Lipinski definition) is 6. The third kappa shape index (κ3) is 3.12. The number of aromatic nitrogens is 4. The summed E-state index contributed by atoms with van der Waals surface area (Å²) in [6, 6.07) is 6.59. The van der Waals surface area contributed by atoms with Crippen LogP contribution in [0.25, 0.3) is 11.2 Å². The number of nitrogens with zero attached hydrogens (tertiary/aromatic N) is 5. The molecule has 9 nitrogen and oxygen atoms in total. The number of hydrogen-bond donors (Lipinski definition) is 2. The highest BCUT2D eigenvalue weighted by Gasteiger charge is 2.20. The fourth-order valence-electron chi connectivity index (χ4n) is 2.90. The summed E-state index contributed by atoms with van der Waals surface area (Å²) in [7, 11) is 3.03. The van der Waals surface area contributed by atoms with Gasteiger partial charge >= 0.3 is 5.69 Å². The fraction of sp³-hybridized carbons (Fsp3) is 0.333. The van der Waals surface area contributed by atoms with E-state index in [4.69, 9.17) is 0 Å². The smallest absolute Gasteiger partial charge is 0.332 e. The maximum absolute atomic E-state index is 12.6. The third-order valence-electron chi connectivity index (χ3n) is 4.42. The molecule has 0 atom stereocenters. The zero-order valence-electron chi connectivity index (χ0n) is 15.9. The molecule has 2 N–H and O–H groups in total. The van der Waals surface area contributed by atoms with Crippen LogP contribution in [-0.2, 0) is 14.1 Å². The van der Waals surface area contributed by atoms with Gasteiger partial charge in [0.1, 0.15) is 5.75 Å². The highest BCUT2D eigenvalue weighted by molar-refractivity contribution is 5.99. The number of rotatable bonds is 4. The topological polar surface area (TPSA) is 106 Å². The van der Waals surface area contributed by atoms with Crippen LogP contribution in [0.3, 0.4) is 0 Å². The maximum Gasteiger partial charge on any atom is 0.332 e. The molecular weight excluding hydrogens is 348 g/mol. The normalized spacial score (nSPS) is 12.1. The van der Waals surface area contributed by atoms with Crippen LogP contribution in [0.2, 0.25) is 0 Å². The lowest BCUT2D eigenvalue weighted by Gasteiger charge is -2.12. The molecule has 27 heavy (non-hydrogen) atoms. The number of fused-ring (bicyclic) bond motifs is 1. The summed E-state index contributed by atoms with van der Waals surface area (Å²) in [5.41, 5.74) is 4.22. The Morgan fingerprint density at radius 3 is 2.37 bits per heavy atom. The molecule has 0 aliphatic heterocycles. The number of anilines is 1. The first kappa shape index (κ1) is 18.4. The van der Waals surface area contributed by atoms with E-state index in [1.807, 2.05) is 20.8 Å². The Bertz CT molecular complexity index is 1150. The van der Waals surface area contributed by atoms with Crippen molar-refractivity contribution in [2.24, 2.45) is 19.2 Å². The highest BCUT2D eigenvalue weighted by atomic mass is 16.3. The van der Waals surface area contributed by atoms with Gasteiger partial charge in [0.15, 0.2) is 11.2 Å². The monoisotopic (exact) mass is 370 g/mol. The van der Waals surface area contributed by atoms with Gasteiger partial charge in [0.2, 0.25) is 5.95 Å². The number of hydrazone groups is 1. The van der Waals surface area contributed by atoms with Crippen molar-refractivity contribution in [3.05, 3.63) is 50.7 Å². The Morgan fingerprint density at radius 2 is 1.78 bits per heavy atom. The average Bonchev–Trinajstić information content (AvgIpc) is 3.03. The number of aromatic hydroxyl groups is 1. The minimum atomic E-state index is -0.434. The minimum absolute atomic E-state index is 0.0770. The molecule has 3 rings (SSSR count). The van der Waals surface area contributed by atoms with Gasteiger partial charge in [-0.25, -0.2) is 10.2 Å². The van der Waals surface area contributed by atoms with Gasteiger partial charge in [-0.05, 0) is 50.6 Å². The van der Waals surface area contributed by atoms with E-state index >= 15 is 0 Å². The molecule has 0 amide bonds. The van der Waals surface area contributed by atoms with E-state index in [0.717, 1.165) is 10.1 Å². The van der Waals surface area contributed by atoms with E-state index in [0.29, 0.717) is 22.8 Å². The molecule has 3 aromatic rings. The van der Waals surface area contributed by atoms with Gasteiger partial charge in [-0.2, -0.15) is 10.1 Å². The maximum atomic E-state index is 12.6. The van der Waals surface area contributed by atoms with Gasteiger partial charge in [-0.15, -0.1) is 0 Å². The largest absolute Gasteiger partial charge is 0.508 e. The molecule has 1 aromatic carbocycles. The molecule has 0 saturated heterocycles. The van der Waals surface area contributed by atoms with Crippen molar-refractivity contribution in [3.63, 3.8) is 0 Å². The summed E-state index contributed by atoms with van der Waals surface area (Å²) >= 11 is 0. The molecule has 2 aromatic heterocycles. The van der Waals surface area contributed by atoms with Crippen molar-refractivity contribution >= 4 is 22.8 Å².